The number of carbonyl (C=O) groups excluding carboxylic acids is 5. The lowest BCUT2D eigenvalue weighted by Crippen LogP contribution is -2.70. The number of hydrogen-bond donors (Lipinski definition) is 1. The Balaban J connectivity index is 2.50. The maximum absolute atomic E-state index is 15.6. The number of carbonyl (C=O) groups is 5. The maximum Gasteiger partial charge on any atom is 0.407 e. The van der Waals surface area contributed by atoms with Crippen LogP contribution in [0.4, 0.5) is 9.18 Å². The van der Waals surface area contributed by atoms with Crippen molar-refractivity contribution < 1.29 is 56.8 Å². The van der Waals surface area contributed by atoms with E-state index in [4.69, 9.17) is 28.4 Å². The van der Waals surface area contributed by atoms with E-state index in [1.165, 1.54) is 13.8 Å². The number of rotatable bonds is 10. The van der Waals surface area contributed by atoms with Crippen LogP contribution in [0.2, 0.25) is 0 Å². The van der Waals surface area contributed by atoms with Gasteiger partial charge in [-0.1, -0.05) is 30.3 Å². The molecule has 0 radical (unpaired) electrons. The summed E-state index contributed by atoms with van der Waals surface area (Å²) in [4.78, 5) is 60.2. The van der Waals surface area contributed by atoms with E-state index in [1.54, 1.807) is 30.3 Å². The van der Waals surface area contributed by atoms with Crippen molar-refractivity contribution in [1.82, 2.24) is 5.32 Å². The van der Waals surface area contributed by atoms with Crippen LogP contribution in [0.5, 0.6) is 0 Å². The molecule has 1 saturated heterocycles. The molecule has 0 bridgehead atoms. The SMILES string of the molecule is CC(=O)OC[C@@H](OC(C)=O)[C@@H](OC(C)=O)C1OC(C)(C)C(F)C(OC(C)=O)C1NC(=O)OCc1ccccc1. The Morgan fingerprint density at radius 1 is 0.923 bits per heavy atom. The molecular weight excluding hydrogens is 521 g/mol. The van der Waals surface area contributed by atoms with Crippen LogP contribution in [0.25, 0.3) is 0 Å². The predicted octanol–water partition coefficient (Wildman–Crippen LogP) is 2.16. The number of amides is 1. The quantitative estimate of drug-likeness (QED) is 0.334. The largest absolute Gasteiger partial charge is 0.462 e. The molecule has 1 fully saturated rings. The van der Waals surface area contributed by atoms with Crippen LogP contribution < -0.4 is 5.32 Å². The van der Waals surface area contributed by atoms with E-state index in [9.17, 15) is 24.0 Å². The van der Waals surface area contributed by atoms with Crippen LogP contribution in [-0.4, -0.2) is 78.8 Å². The second-order valence-electron chi connectivity index (χ2n) is 9.42. The highest BCUT2D eigenvalue weighted by molar-refractivity contribution is 5.70. The third kappa shape index (κ3) is 9.50. The van der Waals surface area contributed by atoms with Crippen molar-refractivity contribution in [3.05, 3.63) is 35.9 Å². The molecule has 1 aliphatic rings. The summed E-state index contributed by atoms with van der Waals surface area (Å²) in [5.74, 6) is -3.24. The van der Waals surface area contributed by atoms with E-state index >= 15 is 4.39 Å². The number of benzene rings is 1. The summed E-state index contributed by atoms with van der Waals surface area (Å²) in [5, 5.41) is 2.45. The van der Waals surface area contributed by atoms with Crippen LogP contribution in [0.3, 0.4) is 0 Å². The minimum absolute atomic E-state index is 0.135. The zero-order valence-electron chi connectivity index (χ0n) is 22.6. The number of hydrogen-bond acceptors (Lipinski definition) is 11. The van der Waals surface area contributed by atoms with Crippen molar-refractivity contribution in [2.24, 2.45) is 0 Å². The minimum atomic E-state index is -1.96. The third-order valence-electron chi connectivity index (χ3n) is 5.66. The maximum atomic E-state index is 15.6. The standard InChI is InChI=1S/C26H34FNO11/c1-14(29)34-13-19(36-15(2)30)21(37-16(3)31)22-20(23(38-17(4)32)24(27)26(5,6)39-22)28-25(33)35-12-18-10-8-7-9-11-18/h7-11,19-24H,12-13H2,1-6H3,(H,28,33)/t19-,20?,21-,22?,23?,24?/m1/s1. The second-order valence-corrected chi connectivity index (χ2v) is 9.42. The van der Waals surface area contributed by atoms with E-state index in [-0.39, 0.29) is 6.61 Å². The van der Waals surface area contributed by atoms with Crippen molar-refractivity contribution in [3.8, 4) is 0 Å². The van der Waals surface area contributed by atoms with Gasteiger partial charge in [-0.3, -0.25) is 19.2 Å². The fourth-order valence-electron chi connectivity index (χ4n) is 4.07. The summed E-state index contributed by atoms with van der Waals surface area (Å²) in [6, 6.07) is 7.21. The molecule has 1 N–H and O–H groups in total. The van der Waals surface area contributed by atoms with Crippen molar-refractivity contribution >= 4 is 30.0 Å². The smallest absolute Gasteiger partial charge is 0.407 e. The topological polar surface area (TPSA) is 153 Å². The summed E-state index contributed by atoms with van der Waals surface area (Å²) in [5.41, 5.74) is -0.975. The number of nitrogens with one attached hydrogen (secondary N) is 1. The van der Waals surface area contributed by atoms with Gasteiger partial charge in [0.05, 0.1) is 5.60 Å². The van der Waals surface area contributed by atoms with Crippen molar-refractivity contribution in [1.29, 1.82) is 0 Å². The second kappa shape index (κ2) is 13.9. The van der Waals surface area contributed by atoms with Crippen molar-refractivity contribution in [3.63, 3.8) is 0 Å². The fourth-order valence-corrected chi connectivity index (χ4v) is 4.07. The van der Waals surface area contributed by atoms with Gasteiger partial charge in [-0.2, -0.15) is 0 Å². The molecule has 13 heteroatoms. The van der Waals surface area contributed by atoms with Crippen LogP contribution in [0.15, 0.2) is 30.3 Å². The highest BCUT2D eigenvalue weighted by Crippen LogP contribution is 2.36. The van der Waals surface area contributed by atoms with Gasteiger partial charge in [0.15, 0.2) is 24.5 Å². The van der Waals surface area contributed by atoms with Gasteiger partial charge in [0, 0.05) is 27.7 Å². The number of esters is 4. The molecule has 0 saturated carbocycles. The van der Waals surface area contributed by atoms with Gasteiger partial charge in [0.2, 0.25) is 0 Å². The first-order chi connectivity index (χ1) is 18.2. The Morgan fingerprint density at radius 3 is 2.08 bits per heavy atom. The van der Waals surface area contributed by atoms with E-state index in [0.717, 1.165) is 27.7 Å². The molecular formula is C26H34FNO11. The molecule has 1 heterocycles. The molecule has 6 atom stereocenters. The molecule has 0 aliphatic carbocycles. The molecule has 1 aromatic rings. The normalized spacial score (nSPS) is 23.4. The summed E-state index contributed by atoms with van der Waals surface area (Å²) >= 11 is 0. The molecule has 4 unspecified atom stereocenters. The molecule has 12 nitrogen and oxygen atoms in total. The molecule has 0 aromatic heterocycles. The summed E-state index contributed by atoms with van der Waals surface area (Å²) in [6.07, 6.45) is -9.07. The van der Waals surface area contributed by atoms with Crippen molar-refractivity contribution in [2.75, 3.05) is 6.61 Å². The Kier molecular flexibility index (Phi) is 11.2. The molecule has 216 valence electrons. The lowest BCUT2D eigenvalue weighted by atomic mass is 9.83. The number of alkyl halides is 1. The molecule has 39 heavy (non-hydrogen) atoms. The highest BCUT2D eigenvalue weighted by atomic mass is 19.1. The van der Waals surface area contributed by atoms with Gasteiger partial charge < -0.3 is 33.7 Å². The van der Waals surface area contributed by atoms with E-state index in [1.807, 2.05) is 0 Å². The van der Waals surface area contributed by atoms with E-state index in [0.29, 0.717) is 5.56 Å². The molecule has 1 aromatic carbocycles. The van der Waals surface area contributed by atoms with Crippen LogP contribution in [-0.2, 0) is 54.2 Å². The zero-order valence-corrected chi connectivity index (χ0v) is 22.6. The number of ether oxygens (including phenoxy) is 6. The van der Waals surface area contributed by atoms with E-state index < -0.39 is 78.8 Å². The van der Waals surface area contributed by atoms with Crippen LogP contribution in [0, 0.1) is 0 Å². The Bertz CT molecular complexity index is 1030. The van der Waals surface area contributed by atoms with Crippen molar-refractivity contribution in [2.45, 2.75) is 90.4 Å². The Morgan fingerprint density at radius 2 is 1.54 bits per heavy atom. The summed E-state index contributed by atoms with van der Waals surface area (Å²) in [6.45, 7) is 6.35. The monoisotopic (exact) mass is 555 g/mol. The average Bonchev–Trinajstić information content (AvgIpc) is 2.83. The van der Waals surface area contributed by atoms with Gasteiger partial charge in [0.1, 0.15) is 25.4 Å². The number of alkyl carbamates (subject to hydrolysis) is 1. The molecule has 1 amide bonds. The highest BCUT2D eigenvalue weighted by Gasteiger charge is 2.57. The Hall–Kier alpha value is -3.74. The molecule has 0 spiro atoms. The lowest BCUT2D eigenvalue weighted by Gasteiger charge is -2.49. The lowest BCUT2D eigenvalue weighted by molar-refractivity contribution is -0.250. The summed E-state index contributed by atoms with van der Waals surface area (Å²) < 4.78 is 47.8. The van der Waals surface area contributed by atoms with Gasteiger partial charge in [-0.25, -0.2) is 9.18 Å². The van der Waals surface area contributed by atoms with Crippen LogP contribution in [0.1, 0.15) is 47.1 Å². The Labute approximate surface area is 225 Å². The first-order valence-electron chi connectivity index (χ1n) is 12.2. The summed E-state index contributed by atoms with van der Waals surface area (Å²) in [7, 11) is 0. The molecule has 2 rings (SSSR count). The van der Waals surface area contributed by atoms with Gasteiger partial charge in [0.25, 0.3) is 0 Å². The first kappa shape index (κ1) is 31.5. The first-order valence-corrected chi connectivity index (χ1v) is 12.2. The average molecular weight is 556 g/mol. The fraction of sp³-hybridized carbons (Fsp3) is 0.577. The third-order valence-corrected chi connectivity index (χ3v) is 5.66. The van der Waals surface area contributed by atoms with Gasteiger partial charge >= 0.3 is 30.0 Å². The van der Waals surface area contributed by atoms with Gasteiger partial charge in [-0.05, 0) is 19.4 Å². The van der Waals surface area contributed by atoms with Gasteiger partial charge in [-0.15, -0.1) is 0 Å². The predicted molar refractivity (Wildman–Crippen MR) is 131 cm³/mol. The zero-order chi connectivity index (χ0) is 29.3. The molecule has 1 aliphatic heterocycles. The van der Waals surface area contributed by atoms with E-state index in [2.05, 4.69) is 5.32 Å². The number of halogens is 1. The van der Waals surface area contributed by atoms with Crippen LogP contribution >= 0.6 is 0 Å². The minimum Gasteiger partial charge on any atom is -0.462 e.